The molecule has 0 aliphatic carbocycles. The molecule has 1 fully saturated rings. The number of rotatable bonds is 6. The molecule has 4 heterocycles. The summed E-state index contributed by atoms with van der Waals surface area (Å²) in [6.45, 7) is 3.51. The van der Waals surface area contributed by atoms with Crippen LogP contribution in [0.2, 0.25) is 0 Å². The Hall–Kier alpha value is -3.97. The standard InChI is InChI=1S/C28H28N6O/c35-28(22-4-2-1-3-5-22)31-13-16-33-14-9-21(10-15-33)27-32-26(25-19-29-12-17-34(25)27)23-7-6-20-8-11-30-24(20)18-23/h1-8,11-12,17-19,21,30H,9-10,13-16H2,(H,31,35). The summed E-state index contributed by atoms with van der Waals surface area (Å²) in [5.74, 6) is 1.49. The summed E-state index contributed by atoms with van der Waals surface area (Å²) in [6.07, 6.45) is 9.83. The number of imidazole rings is 1. The van der Waals surface area contributed by atoms with Crippen LogP contribution in [0.5, 0.6) is 0 Å². The maximum absolute atomic E-state index is 12.3. The number of aromatic nitrogens is 4. The number of carbonyl (C=O) groups is 1. The lowest BCUT2D eigenvalue weighted by Gasteiger charge is -2.31. The highest BCUT2D eigenvalue weighted by Gasteiger charge is 2.25. The summed E-state index contributed by atoms with van der Waals surface area (Å²) in [4.78, 5) is 27.5. The summed E-state index contributed by atoms with van der Waals surface area (Å²) >= 11 is 0. The maximum atomic E-state index is 12.3. The quantitative estimate of drug-likeness (QED) is 0.388. The van der Waals surface area contributed by atoms with Crippen LogP contribution in [-0.4, -0.2) is 56.3 Å². The van der Waals surface area contributed by atoms with Crippen molar-refractivity contribution in [2.45, 2.75) is 18.8 Å². The second kappa shape index (κ2) is 9.35. The van der Waals surface area contributed by atoms with Crippen LogP contribution in [0.15, 0.2) is 79.4 Å². The Morgan fingerprint density at radius 3 is 2.80 bits per heavy atom. The highest BCUT2D eigenvalue weighted by atomic mass is 16.1. The van der Waals surface area contributed by atoms with Crippen molar-refractivity contribution in [1.82, 2.24) is 29.6 Å². The Balaban J connectivity index is 1.13. The molecule has 1 aliphatic rings. The van der Waals surface area contributed by atoms with Crippen LogP contribution in [0.4, 0.5) is 0 Å². The number of likely N-dealkylation sites (tertiary alicyclic amines) is 1. The molecule has 0 saturated carbocycles. The minimum Gasteiger partial charge on any atom is -0.361 e. The van der Waals surface area contributed by atoms with Crippen molar-refractivity contribution in [3.8, 4) is 11.3 Å². The molecule has 6 rings (SSSR count). The zero-order valence-electron chi connectivity index (χ0n) is 19.5. The Labute approximate surface area is 203 Å². The van der Waals surface area contributed by atoms with Gasteiger partial charge in [0.25, 0.3) is 5.91 Å². The summed E-state index contributed by atoms with van der Waals surface area (Å²) in [7, 11) is 0. The van der Waals surface area contributed by atoms with Gasteiger partial charge in [-0.25, -0.2) is 4.98 Å². The van der Waals surface area contributed by atoms with E-state index in [4.69, 9.17) is 4.98 Å². The van der Waals surface area contributed by atoms with Crippen LogP contribution in [0, 0.1) is 0 Å². The van der Waals surface area contributed by atoms with Gasteiger partial charge in [0.1, 0.15) is 5.82 Å². The minimum absolute atomic E-state index is 0.0111. The Kier molecular flexibility index (Phi) is 5.76. The van der Waals surface area contributed by atoms with Crippen molar-refractivity contribution in [3.63, 3.8) is 0 Å². The van der Waals surface area contributed by atoms with E-state index in [9.17, 15) is 4.79 Å². The Morgan fingerprint density at radius 2 is 1.94 bits per heavy atom. The predicted molar refractivity (Wildman–Crippen MR) is 137 cm³/mol. The molecule has 7 heteroatoms. The van der Waals surface area contributed by atoms with E-state index in [0.29, 0.717) is 18.0 Å². The largest absolute Gasteiger partial charge is 0.361 e. The van der Waals surface area contributed by atoms with Crippen LogP contribution in [-0.2, 0) is 0 Å². The molecule has 2 aromatic carbocycles. The first kappa shape index (κ1) is 21.6. The van der Waals surface area contributed by atoms with Gasteiger partial charge in [-0.15, -0.1) is 0 Å². The maximum Gasteiger partial charge on any atom is 0.251 e. The van der Waals surface area contributed by atoms with Gasteiger partial charge < -0.3 is 15.2 Å². The molecule has 2 N–H and O–H groups in total. The normalized spacial score (nSPS) is 15.1. The molecule has 176 valence electrons. The minimum atomic E-state index is -0.0111. The highest BCUT2D eigenvalue weighted by molar-refractivity contribution is 5.94. The highest BCUT2D eigenvalue weighted by Crippen LogP contribution is 2.33. The van der Waals surface area contributed by atoms with Crippen LogP contribution < -0.4 is 5.32 Å². The van der Waals surface area contributed by atoms with Gasteiger partial charge in [-0.05, 0) is 55.6 Å². The van der Waals surface area contributed by atoms with E-state index >= 15 is 0 Å². The van der Waals surface area contributed by atoms with Gasteiger partial charge in [0, 0.05) is 54.2 Å². The zero-order valence-corrected chi connectivity index (χ0v) is 19.5. The van der Waals surface area contributed by atoms with Gasteiger partial charge in [0.05, 0.1) is 17.4 Å². The number of hydrogen-bond acceptors (Lipinski definition) is 4. The fourth-order valence-corrected chi connectivity index (χ4v) is 5.09. The van der Waals surface area contributed by atoms with E-state index in [1.54, 1.807) is 0 Å². The van der Waals surface area contributed by atoms with Crippen molar-refractivity contribution in [2.75, 3.05) is 26.2 Å². The van der Waals surface area contributed by atoms with E-state index in [-0.39, 0.29) is 5.91 Å². The number of amides is 1. The number of nitrogens with one attached hydrogen (secondary N) is 2. The van der Waals surface area contributed by atoms with Crippen molar-refractivity contribution >= 4 is 22.3 Å². The first-order valence-corrected chi connectivity index (χ1v) is 12.2. The number of carbonyl (C=O) groups excluding carboxylic acids is 1. The number of benzene rings is 2. The Bertz CT molecular complexity index is 1460. The number of H-pyrrole nitrogens is 1. The topological polar surface area (TPSA) is 78.3 Å². The van der Waals surface area contributed by atoms with E-state index in [1.807, 2.05) is 55.1 Å². The van der Waals surface area contributed by atoms with Crippen LogP contribution >= 0.6 is 0 Å². The summed E-state index contributed by atoms with van der Waals surface area (Å²) < 4.78 is 2.21. The second-order valence-corrected chi connectivity index (χ2v) is 9.17. The van der Waals surface area contributed by atoms with Gasteiger partial charge in [-0.1, -0.05) is 30.3 Å². The lowest BCUT2D eigenvalue weighted by Crippen LogP contribution is -2.39. The average molecular weight is 465 g/mol. The van der Waals surface area contributed by atoms with Gasteiger partial charge in [-0.2, -0.15) is 0 Å². The number of nitrogens with zero attached hydrogens (tertiary/aromatic N) is 4. The number of hydrogen-bond donors (Lipinski definition) is 2. The first-order valence-electron chi connectivity index (χ1n) is 12.2. The van der Waals surface area contributed by atoms with Gasteiger partial charge in [0.15, 0.2) is 0 Å². The molecule has 0 atom stereocenters. The third-order valence-electron chi connectivity index (χ3n) is 7.00. The van der Waals surface area contributed by atoms with E-state index in [2.05, 4.69) is 48.9 Å². The molecule has 3 aromatic heterocycles. The lowest BCUT2D eigenvalue weighted by molar-refractivity contribution is 0.0945. The lowest BCUT2D eigenvalue weighted by atomic mass is 9.96. The molecule has 35 heavy (non-hydrogen) atoms. The van der Waals surface area contributed by atoms with Crippen molar-refractivity contribution < 1.29 is 4.79 Å². The summed E-state index contributed by atoms with van der Waals surface area (Å²) in [5.41, 5.74) is 4.94. The van der Waals surface area contributed by atoms with Crippen molar-refractivity contribution in [1.29, 1.82) is 0 Å². The number of fused-ring (bicyclic) bond motifs is 2. The Morgan fingerprint density at radius 1 is 1.09 bits per heavy atom. The van der Waals surface area contributed by atoms with Crippen LogP contribution in [0.25, 0.3) is 27.7 Å². The summed E-state index contributed by atoms with van der Waals surface area (Å²) in [6, 6.07) is 17.9. The van der Waals surface area contributed by atoms with E-state index in [1.165, 1.54) is 5.39 Å². The molecule has 1 aliphatic heterocycles. The molecule has 5 aromatic rings. The average Bonchev–Trinajstić information content (AvgIpc) is 3.54. The number of aromatic amines is 1. The molecule has 1 saturated heterocycles. The molecule has 0 spiro atoms. The molecule has 0 radical (unpaired) electrons. The van der Waals surface area contributed by atoms with E-state index in [0.717, 1.165) is 60.6 Å². The SMILES string of the molecule is O=C(NCCN1CCC(c2nc(-c3ccc4cc[nH]c4c3)c3cnccn23)CC1)c1ccccc1. The predicted octanol–water partition coefficient (Wildman–Crippen LogP) is 4.49. The van der Waals surface area contributed by atoms with Gasteiger partial charge in [0.2, 0.25) is 0 Å². The molecule has 1 amide bonds. The third-order valence-corrected chi connectivity index (χ3v) is 7.00. The first-order chi connectivity index (χ1) is 17.3. The summed E-state index contributed by atoms with van der Waals surface area (Å²) in [5, 5.41) is 4.24. The molecule has 0 bridgehead atoms. The van der Waals surface area contributed by atoms with Gasteiger partial charge in [-0.3, -0.25) is 14.2 Å². The molecule has 0 unspecified atom stereocenters. The molecular formula is C28H28N6O. The van der Waals surface area contributed by atoms with Crippen molar-refractivity contribution in [2.24, 2.45) is 0 Å². The van der Waals surface area contributed by atoms with Gasteiger partial charge >= 0.3 is 0 Å². The van der Waals surface area contributed by atoms with Crippen LogP contribution in [0.1, 0.15) is 34.9 Å². The monoisotopic (exact) mass is 464 g/mol. The second-order valence-electron chi connectivity index (χ2n) is 9.17. The number of piperidine rings is 1. The molecule has 7 nitrogen and oxygen atoms in total. The van der Waals surface area contributed by atoms with Crippen LogP contribution in [0.3, 0.4) is 0 Å². The smallest absolute Gasteiger partial charge is 0.251 e. The third kappa shape index (κ3) is 4.31. The zero-order chi connectivity index (χ0) is 23.6. The fraction of sp³-hybridized carbons (Fsp3) is 0.250. The van der Waals surface area contributed by atoms with Crippen molar-refractivity contribution in [3.05, 3.63) is 90.8 Å². The fourth-order valence-electron chi connectivity index (χ4n) is 5.09. The molecular weight excluding hydrogens is 436 g/mol. The van der Waals surface area contributed by atoms with E-state index < -0.39 is 0 Å².